The van der Waals surface area contributed by atoms with Gasteiger partial charge in [0.05, 0.1) is 12.4 Å². The molecule has 1 amide bonds. The van der Waals surface area contributed by atoms with Gasteiger partial charge in [-0.3, -0.25) is 14.0 Å². The average Bonchev–Trinajstić information content (AvgIpc) is 2.93. The second kappa shape index (κ2) is 6.86. The summed E-state index contributed by atoms with van der Waals surface area (Å²) in [6.45, 7) is 0. The van der Waals surface area contributed by atoms with E-state index in [1.165, 1.54) is 28.5 Å². The Morgan fingerprint density at radius 2 is 2.19 bits per heavy atom. The first-order valence-electron chi connectivity index (χ1n) is 6.10. The lowest BCUT2D eigenvalue weighted by atomic mass is 10.3. The number of rotatable bonds is 5. The number of nitrogens with zero attached hydrogens (tertiary/aromatic N) is 3. The quantitative estimate of drug-likeness (QED) is 0.843. The summed E-state index contributed by atoms with van der Waals surface area (Å²) >= 11 is 1.28. The van der Waals surface area contributed by atoms with Crippen molar-refractivity contribution >= 4 is 33.0 Å². The molecule has 2 rings (SSSR count). The van der Waals surface area contributed by atoms with E-state index in [1.54, 1.807) is 19.5 Å². The maximum atomic E-state index is 13.1. The number of thiazole rings is 1. The van der Waals surface area contributed by atoms with Gasteiger partial charge < -0.3 is 4.90 Å². The van der Waals surface area contributed by atoms with Crippen LogP contribution in [0.1, 0.15) is 6.42 Å². The highest BCUT2D eigenvalue weighted by Gasteiger charge is 2.15. The van der Waals surface area contributed by atoms with Gasteiger partial charge in [0.15, 0.2) is 0 Å². The first-order chi connectivity index (χ1) is 9.97. The lowest BCUT2D eigenvalue weighted by molar-refractivity contribution is -0.117. The van der Waals surface area contributed by atoms with Crippen LogP contribution in [0.2, 0.25) is 0 Å². The van der Waals surface area contributed by atoms with Crippen molar-refractivity contribution < 1.29 is 13.4 Å². The molecule has 0 saturated carbocycles. The van der Waals surface area contributed by atoms with Gasteiger partial charge in [0.25, 0.3) is 0 Å². The fourth-order valence-corrected chi connectivity index (χ4v) is 2.94. The van der Waals surface area contributed by atoms with E-state index in [9.17, 15) is 13.4 Å². The van der Waals surface area contributed by atoms with Gasteiger partial charge in [-0.2, -0.15) is 0 Å². The molecule has 1 atom stereocenters. The standard InChI is InChI=1S/C13H14FN3O2S2/c1-17(11(18)3-4-21(2)19)12-8-16-13(20-12)9-5-10(14)7-15-6-9/h5-8H,3-4H2,1-2H3. The molecule has 2 aromatic heterocycles. The number of amides is 1. The maximum absolute atomic E-state index is 13.1. The molecule has 0 radical (unpaired) electrons. The predicted octanol–water partition coefficient (Wildman–Crippen LogP) is 2.08. The number of halogens is 1. The molecule has 5 nitrogen and oxygen atoms in total. The normalized spacial score (nSPS) is 12.1. The van der Waals surface area contributed by atoms with Crippen LogP contribution in [0.5, 0.6) is 0 Å². The van der Waals surface area contributed by atoms with Crippen molar-refractivity contribution in [2.24, 2.45) is 0 Å². The fraction of sp³-hybridized carbons (Fsp3) is 0.308. The highest BCUT2D eigenvalue weighted by Crippen LogP contribution is 2.30. The van der Waals surface area contributed by atoms with Crippen LogP contribution in [0.3, 0.4) is 0 Å². The summed E-state index contributed by atoms with van der Waals surface area (Å²) in [7, 11) is 0.645. The van der Waals surface area contributed by atoms with Gasteiger partial charge in [0.2, 0.25) is 5.91 Å². The molecule has 0 spiro atoms. The highest BCUT2D eigenvalue weighted by atomic mass is 32.2. The van der Waals surface area contributed by atoms with E-state index in [-0.39, 0.29) is 12.3 Å². The van der Waals surface area contributed by atoms with Crippen molar-refractivity contribution in [3.05, 3.63) is 30.5 Å². The zero-order valence-electron chi connectivity index (χ0n) is 11.6. The van der Waals surface area contributed by atoms with Gasteiger partial charge in [-0.15, -0.1) is 0 Å². The third-order valence-electron chi connectivity index (χ3n) is 2.75. The Morgan fingerprint density at radius 1 is 1.43 bits per heavy atom. The van der Waals surface area contributed by atoms with Crippen LogP contribution in [0, 0.1) is 5.82 Å². The Balaban J connectivity index is 2.12. The van der Waals surface area contributed by atoms with E-state index in [2.05, 4.69) is 9.97 Å². The molecule has 112 valence electrons. The topological polar surface area (TPSA) is 63.2 Å². The summed E-state index contributed by atoms with van der Waals surface area (Å²) in [5.41, 5.74) is 0.571. The van der Waals surface area contributed by atoms with Crippen LogP contribution in [0.4, 0.5) is 9.39 Å². The van der Waals surface area contributed by atoms with E-state index >= 15 is 0 Å². The van der Waals surface area contributed by atoms with Crippen molar-refractivity contribution in [1.29, 1.82) is 0 Å². The monoisotopic (exact) mass is 327 g/mol. The zero-order valence-corrected chi connectivity index (χ0v) is 13.2. The highest BCUT2D eigenvalue weighted by molar-refractivity contribution is 7.84. The molecular formula is C13H14FN3O2S2. The largest absolute Gasteiger partial charge is 0.306 e. The van der Waals surface area contributed by atoms with Gasteiger partial charge in [-0.25, -0.2) is 9.37 Å². The third kappa shape index (κ3) is 4.15. The average molecular weight is 327 g/mol. The van der Waals surface area contributed by atoms with Crippen LogP contribution in [0.15, 0.2) is 24.7 Å². The van der Waals surface area contributed by atoms with Crippen molar-refractivity contribution in [3.63, 3.8) is 0 Å². The third-order valence-corrected chi connectivity index (χ3v) is 4.66. The van der Waals surface area contributed by atoms with Crippen LogP contribution < -0.4 is 4.90 Å². The number of carbonyl (C=O) groups is 1. The fourth-order valence-electron chi connectivity index (χ4n) is 1.60. The predicted molar refractivity (Wildman–Crippen MR) is 82.3 cm³/mol. The molecule has 0 bridgehead atoms. The van der Waals surface area contributed by atoms with Crippen LogP contribution in [-0.4, -0.2) is 39.1 Å². The minimum atomic E-state index is -0.996. The summed E-state index contributed by atoms with van der Waals surface area (Å²) in [5, 5.41) is 1.25. The molecule has 0 fully saturated rings. The minimum Gasteiger partial charge on any atom is -0.306 e. The first kappa shape index (κ1) is 15.7. The summed E-state index contributed by atoms with van der Waals surface area (Å²) < 4.78 is 24.2. The molecule has 1 unspecified atom stereocenters. The molecule has 8 heteroatoms. The molecular weight excluding hydrogens is 313 g/mol. The number of anilines is 1. The van der Waals surface area contributed by atoms with E-state index in [0.717, 1.165) is 6.20 Å². The van der Waals surface area contributed by atoms with Gasteiger partial charge in [-0.1, -0.05) is 11.3 Å². The van der Waals surface area contributed by atoms with Crippen LogP contribution >= 0.6 is 11.3 Å². The Bertz CT molecular complexity index is 675. The first-order valence-corrected chi connectivity index (χ1v) is 8.65. The van der Waals surface area contributed by atoms with Crippen molar-refractivity contribution in [2.45, 2.75) is 6.42 Å². The molecule has 21 heavy (non-hydrogen) atoms. The molecule has 0 N–H and O–H groups in total. The molecule has 0 aliphatic heterocycles. The van der Waals surface area contributed by atoms with E-state index in [4.69, 9.17) is 0 Å². The van der Waals surface area contributed by atoms with Crippen LogP contribution in [0.25, 0.3) is 10.6 Å². The van der Waals surface area contributed by atoms with Crippen molar-refractivity contribution in [3.8, 4) is 10.6 Å². The van der Waals surface area contributed by atoms with Crippen molar-refractivity contribution in [2.75, 3.05) is 24.0 Å². The summed E-state index contributed by atoms with van der Waals surface area (Å²) in [6, 6.07) is 1.34. The number of aromatic nitrogens is 2. The van der Waals surface area contributed by atoms with Gasteiger partial charge in [-0.05, 0) is 6.07 Å². The van der Waals surface area contributed by atoms with E-state index in [0.29, 0.717) is 21.3 Å². The second-order valence-electron chi connectivity index (χ2n) is 4.38. The van der Waals surface area contributed by atoms with Gasteiger partial charge in [0, 0.05) is 48.0 Å². The Kier molecular flexibility index (Phi) is 5.13. The molecule has 0 aliphatic rings. The van der Waals surface area contributed by atoms with Gasteiger partial charge in [0.1, 0.15) is 15.8 Å². The van der Waals surface area contributed by atoms with Gasteiger partial charge >= 0.3 is 0 Å². The van der Waals surface area contributed by atoms with Crippen LogP contribution in [-0.2, 0) is 15.6 Å². The number of hydrogen-bond donors (Lipinski definition) is 0. The number of carbonyl (C=O) groups excluding carboxylic acids is 1. The molecule has 0 aromatic carbocycles. The lowest BCUT2D eigenvalue weighted by Gasteiger charge is -2.13. The van der Waals surface area contributed by atoms with E-state index in [1.807, 2.05) is 0 Å². The molecule has 0 aliphatic carbocycles. The summed E-state index contributed by atoms with van der Waals surface area (Å²) in [5.74, 6) is -0.222. The molecule has 2 heterocycles. The van der Waals surface area contributed by atoms with E-state index < -0.39 is 16.6 Å². The smallest absolute Gasteiger partial charge is 0.228 e. The Morgan fingerprint density at radius 3 is 2.86 bits per heavy atom. The Hall–Kier alpha value is -1.67. The number of pyridine rings is 1. The second-order valence-corrected chi connectivity index (χ2v) is 6.94. The summed E-state index contributed by atoms with van der Waals surface area (Å²) in [6.07, 6.45) is 5.99. The lowest BCUT2D eigenvalue weighted by Crippen LogP contribution is -2.26. The summed E-state index contributed by atoms with van der Waals surface area (Å²) in [4.78, 5) is 21.4. The molecule has 2 aromatic rings. The zero-order chi connectivity index (χ0) is 15.4. The Labute approximate surface area is 128 Å². The minimum absolute atomic E-state index is 0.127. The number of hydrogen-bond acceptors (Lipinski definition) is 5. The molecule has 0 saturated heterocycles. The maximum Gasteiger partial charge on any atom is 0.228 e. The SMILES string of the molecule is CN(C(=O)CCS(C)=O)c1cnc(-c2cncc(F)c2)s1. The van der Waals surface area contributed by atoms with Crippen molar-refractivity contribution in [1.82, 2.24) is 9.97 Å².